The Labute approximate surface area is 126 Å². The lowest BCUT2D eigenvalue weighted by Crippen LogP contribution is -2.10. The van der Waals surface area contributed by atoms with Gasteiger partial charge in [0.1, 0.15) is 11.6 Å². The van der Waals surface area contributed by atoms with Crippen LogP contribution in [-0.2, 0) is 0 Å². The normalized spacial score (nSPS) is 12.3. The molecule has 0 bridgehead atoms. The summed E-state index contributed by atoms with van der Waals surface area (Å²) in [4.78, 5) is 0. The van der Waals surface area contributed by atoms with Crippen molar-refractivity contribution in [3.05, 3.63) is 59.4 Å². The molecule has 1 atom stereocenters. The highest BCUT2D eigenvalue weighted by molar-refractivity contribution is 5.50. The highest BCUT2D eigenvalue weighted by atomic mass is 19.1. The molecule has 3 heteroatoms. The second kappa shape index (κ2) is 6.61. The Hall–Kier alpha value is -2.03. The smallest absolute Gasteiger partial charge is 0.132 e. The summed E-state index contributed by atoms with van der Waals surface area (Å²) in [6.07, 6.45) is 0. The minimum absolute atomic E-state index is 0.177. The third-order valence-corrected chi connectivity index (χ3v) is 3.60. The summed E-state index contributed by atoms with van der Waals surface area (Å²) in [5.41, 5.74) is 2.79. The van der Waals surface area contributed by atoms with E-state index in [1.54, 1.807) is 19.2 Å². The van der Waals surface area contributed by atoms with E-state index in [1.807, 2.05) is 19.1 Å². The maximum Gasteiger partial charge on any atom is 0.132 e. The number of ether oxygens (including phenoxy) is 1. The maximum atomic E-state index is 14.1. The van der Waals surface area contributed by atoms with Gasteiger partial charge in [0.25, 0.3) is 0 Å². The molecule has 0 aliphatic rings. The van der Waals surface area contributed by atoms with Crippen LogP contribution in [0.2, 0.25) is 0 Å². The Kier molecular flexibility index (Phi) is 4.84. The number of hydrogen-bond acceptors (Lipinski definition) is 2. The Morgan fingerprint density at radius 1 is 1.05 bits per heavy atom. The minimum atomic E-state index is -0.255. The van der Waals surface area contributed by atoms with Crippen LogP contribution < -0.4 is 10.1 Å². The summed E-state index contributed by atoms with van der Waals surface area (Å²) >= 11 is 0. The van der Waals surface area contributed by atoms with Crippen LogP contribution in [0.25, 0.3) is 0 Å². The van der Waals surface area contributed by atoms with E-state index in [2.05, 4.69) is 31.3 Å². The van der Waals surface area contributed by atoms with Crippen LogP contribution >= 0.6 is 0 Å². The zero-order valence-corrected chi connectivity index (χ0v) is 13.0. The van der Waals surface area contributed by atoms with Gasteiger partial charge >= 0.3 is 0 Å². The van der Waals surface area contributed by atoms with Crippen molar-refractivity contribution in [2.24, 2.45) is 0 Å². The van der Waals surface area contributed by atoms with Crippen LogP contribution in [0.15, 0.2) is 42.5 Å². The van der Waals surface area contributed by atoms with Crippen LogP contribution in [0, 0.1) is 5.82 Å². The molecule has 0 aliphatic carbocycles. The Morgan fingerprint density at radius 3 is 2.43 bits per heavy atom. The van der Waals surface area contributed by atoms with Crippen LogP contribution in [0.4, 0.5) is 10.1 Å². The highest BCUT2D eigenvalue weighted by Crippen LogP contribution is 2.30. The van der Waals surface area contributed by atoms with Gasteiger partial charge in [0.15, 0.2) is 0 Å². The summed E-state index contributed by atoms with van der Waals surface area (Å²) in [5, 5.41) is 3.35. The van der Waals surface area contributed by atoms with Crippen LogP contribution in [0.5, 0.6) is 5.75 Å². The Balaban J connectivity index is 2.26. The predicted molar refractivity (Wildman–Crippen MR) is 85.5 cm³/mol. The zero-order valence-electron chi connectivity index (χ0n) is 13.0. The second-order valence-corrected chi connectivity index (χ2v) is 5.50. The van der Waals surface area contributed by atoms with Gasteiger partial charge in [-0.25, -0.2) is 4.39 Å². The van der Waals surface area contributed by atoms with Gasteiger partial charge in [-0.05, 0) is 42.7 Å². The molecule has 0 spiro atoms. The molecular formula is C18H22FNO. The van der Waals surface area contributed by atoms with Crippen molar-refractivity contribution in [3.63, 3.8) is 0 Å². The van der Waals surface area contributed by atoms with E-state index in [-0.39, 0.29) is 11.9 Å². The van der Waals surface area contributed by atoms with E-state index < -0.39 is 0 Å². The number of anilines is 1. The number of halogens is 1. The molecule has 1 N–H and O–H groups in total. The molecule has 112 valence electrons. The standard InChI is InChI=1S/C18H22FNO/c1-12(2)14-7-5-8-15(11-14)20-13(3)18-16(19)9-6-10-17(18)21-4/h5-13,20H,1-4H3. The number of rotatable bonds is 5. The van der Waals surface area contributed by atoms with E-state index in [0.717, 1.165) is 5.69 Å². The summed E-state index contributed by atoms with van der Waals surface area (Å²) < 4.78 is 19.3. The van der Waals surface area contributed by atoms with Crippen LogP contribution in [-0.4, -0.2) is 7.11 Å². The minimum Gasteiger partial charge on any atom is -0.496 e. The summed E-state index contributed by atoms with van der Waals surface area (Å²) in [7, 11) is 1.56. The molecule has 21 heavy (non-hydrogen) atoms. The van der Waals surface area contributed by atoms with Crippen molar-refractivity contribution >= 4 is 5.69 Å². The highest BCUT2D eigenvalue weighted by Gasteiger charge is 2.16. The monoisotopic (exact) mass is 287 g/mol. The molecule has 2 rings (SSSR count). The fraction of sp³-hybridized carbons (Fsp3) is 0.333. The Morgan fingerprint density at radius 2 is 1.76 bits per heavy atom. The Bertz CT molecular complexity index is 610. The van der Waals surface area contributed by atoms with Crippen molar-refractivity contribution in [2.75, 3.05) is 12.4 Å². The first-order valence-corrected chi connectivity index (χ1v) is 7.21. The quantitative estimate of drug-likeness (QED) is 0.823. The van der Waals surface area contributed by atoms with E-state index in [0.29, 0.717) is 17.2 Å². The third-order valence-electron chi connectivity index (χ3n) is 3.60. The summed E-state index contributed by atoms with van der Waals surface area (Å²) in [6.45, 7) is 6.24. The molecule has 0 fully saturated rings. The topological polar surface area (TPSA) is 21.3 Å². The molecule has 2 nitrogen and oxygen atoms in total. The SMILES string of the molecule is COc1cccc(F)c1C(C)Nc1cccc(C(C)C)c1. The average molecular weight is 287 g/mol. The van der Waals surface area contributed by atoms with Crippen molar-refractivity contribution in [1.29, 1.82) is 0 Å². The van der Waals surface area contributed by atoms with Crippen LogP contribution in [0.1, 0.15) is 43.9 Å². The molecule has 2 aromatic rings. The number of benzene rings is 2. The molecule has 1 unspecified atom stereocenters. The van der Waals surface area contributed by atoms with Gasteiger partial charge in [0.05, 0.1) is 18.7 Å². The van der Waals surface area contributed by atoms with Gasteiger partial charge in [0, 0.05) is 5.69 Å². The van der Waals surface area contributed by atoms with Crippen molar-refractivity contribution in [3.8, 4) is 5.75 Å². The van der Waals surface area contributed by atoms with Gasteiger partial charge in [-0.2, -0.15) is 0 Å². The van der Waals surface area contributed by atoms with E-state index >= 15 is 0 Å². The lowest BCUT2D eigenvalue weighted by atomic mass is 10.0. The molecule has 2 aromatic carbocycles. The van der Waals surface area contributed by atoms with Crippen molar-refractivity contribution in [2.45, 2.75) is 32.7 Å². The number of methoxy groups -OCH3 is 1. The first-order valence-electron chi connectivity index (χ1n) is 7.21. The van der Waals surface area contributed by atoms with Gasteiger partial charge < -0.3 is 10.1 Å². The molecule has 0 amide bonds. The molecule has 0 aromatic heterocycles. The molecular weight excluding hydrogens is 265 g/mol. The molecule has 0 heterocycles. The van der Waals surface area contributed by atoms with E-state index in [4.69, 9.17) is 4.74 Å². The lowest BCUT2D eigenvalue weighted by Gasteiger charge is -2.20. The second-order valence-electron chi connectivity index (χ2n) is 5.50. The van der Waals surface area contributed by atoms with Gasteiger partial charge in [-0.3, -0.25) is 0 Å². The van der Waals surface area contributed by atoms with Crippen molar-refractivity contribution < 1.29 is 9.13 Å². The summed E-state index contributed by atoms with van der Waals surface area (Å²) in [5.74, 6) is 0.773. The maximum absolute atomic E-state index is 14.1. The van der Waals surface area contributed by atoms with Gasteiger partial charge in [0.2, 0.25) is 0 Å². The fourth-order valence-electron chi connectivity index (χ4n) is 2.43. The number of nitrogens with one attached hydrogen (secondary N) is 1. The molecule has 0 saturated heterocycles. The molecule has 0 radical (unpaired) electrons. The zero-order chi connectivity index (χ0) is 15.4. The van der Waals surface area contributed by atoms with Gasteiger partial charge in [-0.1, -0.05) is 32.0 Å². The lowest BCUT2D eigenvalue weighted by molar-refractivity contribution is 0.402. The van der Waals surface area contributed by atoms with Gasteiger partial charge in [-0.15, -0.1) is 0 Å². The fourth-order valence-corrected chi connectivity index (χ4v) is 2.43. The average Bonchev–Trinajstić information content (AvgIpc) is 2.46. The third kappa shape index (κ3) is 3.54. The first-order chi connectivity index (χ1) is 10.0. The largest absolute Gasteiger partial charge is 0.496 e. The molecule has 0 saturated carbocycles. The first kappa shape index (κ1) is 15.4. The van der Waals surface area contributed by atoms with E-state index in [1.165, 1.54) is 11.6 Å². The van der Waals surface area contributed by atoms with Crippen molar-refractivity contribution in [1.82, 2.24) is 0 Å². The molecule has 0 aliphatic heterocycles. The van der Waals surface area contributed by atoms with Crippen LogP contribution in [0.3, 0.4) is 0 Å². The van der Waals surface area contributed by atoms with E-state index in [9.17, 15) is 4.39 Å². The number of hydrogen-bond donors (Lipinski definition) is 1. The summed E-state index contributed by atoms with van der Waals surface area (Å²) in [6, 6.07) is 12.9. The predicted octanol–water partition coefficient (Wildman–Crippen LogP) is 5.13.